The molecule has 8 heteroatoms. The molecule has 0 aliphatic carbocycles. The molecule has 20 heavy (non-hydrogen) atoms. The maximum absolute atomic E-state index is 12.6. The van der Waals surface area contributed by atoms with Crippen molar-refractivity contribution < 1.29 is 22.8 Å². The average Bonchev–Trinajstić information content (AvgIpc) is 2.51. The highest BCUT2D eigenvalue weighted by atomic mass is 19.4. The van der Waals surface area contributed by atoms with Crippen LogP contribution in [0.5, 0.6) is 0 Å². The van der Waals surface area contributed by atoms with Crippen LogP contribution in [0.2, 0.25) is 0 Å². The van der Waals surface area contributed by atoms with E-state index in [2.05, 4.69) is 16.0 Å². The fourth-order valence-corrected chi connectivity index (χ4v) is 1.69. The molecule has 1 heterocycles. The highest BCUT2D eigenvalue weighted by Gasteiger charge is 2.47. The number of carbonyl (C=O) groups excluding carboxylic acids is 2. The summed E-state index contributed by atoms with van der Waals surface area (Å²) < 4.78 is 37.9. The normalized spacial score (nSPS) is 20.9. The zero-order valence-electron chi connectivity index (χ0n) is 11.6. The second kappa shape index (κ2) is 6.32. The summed E-state index contributed by atoms with van der Waals surface area (Å²) in [5, 5.41) is 7.21. The van der Waals surface area contributed by atoms with Crippen molar-refractivity contribution in [2.75, 3.05) is 13.1 Å². The summed E-state index contributed by atoms with van der Waals surface area (Å²) in [5.74, 6) is -0.298. The maximum Gasteiger partial charge on any atom is 0.395 e. The van der Waals surface area contributed by atoms with E-state index < -0.39 is 30.2 Å². The van der Waals surface area contributed by atoms with Crippen molar-refractivity contribution in [2.24, 2.45) is 5.41 Å². The molecule has 0 radical (unpaired) electrons. The Morgan fingerprint density at radius 1 is 1.35 bits per heavy atom. The molecule has 0 aromatic heterocycles. The van der Waals surface area contributed by atoms with Gasteiger partial charge in [0, 0.05) is 13.1 Å². The van der Waals surface area contributed by atoms with Gasteiger partial charge in [-0.1, -0.05) is 0 Å². The third kappa shape index (κ3) is 4.57. The van der Waals surface area contributed by atoms with Crippen molar-refractivity contribution in [2.45, 2.75) is 45.3 Å². The van der Waals surface area contributed by atoms with Gasteiger partial charge in [-0.15, -0.1) is 0 Å². The fourth-order valence-electron chi connectivity index (χ4n) is 1.69. The van der Waals surface area contributed by atoms with Gasteiger partial charge in [0.2, 0.25) is 5.91 Å². The van der Waals surface area contributed by atoms with Crippen molar-refractivity contribution in [3.8, 4) is 0 Å². The topological polar surface area (TPSA) is 70.2 Å². The van der Waals surface area contributed by atoms with Gasteiger partial charge in [0.25, 0.3) is 0 Å². The maximum atomic E-state index is 12.6. The number of rotatable bonds is 3. The van der Waals surface area contributed by atoms with Gasteiger partial charge in [-0.25, -0.2) is 4.79 Å². The zero-order valence-corrected chi connectivity index (χ0v) is 11.6. The summed E-state index contributed by atoms with van der Waals surface area (Å²) in [7, 11) is 0. The highest BCUT2D eigenvalue weighted by molar-refractivity contribution is 5.87. The van der Waals surface area contributed by atoms with Crippen LogP contribution in [-0.2, 0) is 4.79 Å². The molecule has 1 saturated heterocycles. The molecule has 3 N–H and O–H groups in total. The van der Waals surface area contributed by atoms with Crippen LogP contribution in [0.3, 0.4) is 0 Å². The summed E-state index contributed by atoms with van der Waals surface area (Å²) in [4.78, 5) is 23.1. The van der Waals surface area contributed by atoms with E-state index in [1.807, 2.05) is 0 Å². The monoisotopic (exact) mass is 295 g/mol. The highest BCUT2D eigenvalue weighted by Crippen LogP contribution is 2.36. The van der Waals surface area contributed by atoms with Gasteiger partial charge in [0.1, 0.15) is 6.04 Å². The van der Waals surface area contributed by atoms with E-state index in [4.69, 9.17) is 0 Å². The standard InChI is InChI=1S/C12H20F3N3O2/c1-11(2,12(13,14)15)7-17-10(20)18-8-5-3-4-6-16-9(8)19/h8H,3-7H2,1-2H3,(H,16,19)(H2,17,18,20). The lowest BCUT2D eigenvalue weighted by Gasteiger charge is -2.28. The van der Waals surface area contributed by atoms with E-state index in [-0.39, 0.29) is 5.91 Å². The van der Waals surface area contributed by atoms with Crippen LogP contribution in [-0.4, -0.2) is 37.2 Å². The Morgan fingerprint density at radius 3 is 2.60 bits per heavy atom. The lowest BCUT2D eigenvalue weighted by molar-refractivity contribution is -0.208. The summed E-state index contributed by atoms with van der Waals surface area (Å²) in [6.07, 6.45) is -2.31. The number of urea groups is 1. The predicted molar refractivity (Wildman–Crippen MR) is 67.0 cm³/mol. The molecule has 1 rings (SSSR count). The first-order valence-corrected chi connectivity index (χ1v) is 6.52. The minimum Gasteiger partial charge on any atom is -0.354 e. The first kappa shape index (κ1) is 16.6. The summed E-state index contributed by atoms with van der Waals surface area (Å²) in [6.45, 7) is 2.02. The Hall–Kier alpha value is -1.47. The number of halogens is 3. The molecule has 0 bridgehead atoms. The number of alkyl halides is 3. The van der Waals surface area contributed by atoms with Gasteiger partial charge in [0.05, 0.1) is 5.41 Å². The first-order chi connectivity index (χ1) is 9.13. The molecule has 3 amide bonds. The summed E-state index contributed by atoms with van der Waals surface area (Å²) >= 11 is 0. The van der Waals surface area contributed by atoms with E-state index in [1.54, 1.807) is 0 Å². The van der Waals surface area contributed by atoms with Crippen molar-refractivity contribution in [1.29, 1.82) is 0 Å². The van der Waals surface area contributed by atoms with Crippen molar-refractivity contribution >= 4 is 11.9 Å². The van der Waals surface area contributed by atoms with Crippen molar-refractivity contribution in [3.63, 3.8) is 0 Å². The number of hydrogen-bond donors (Lipinski definition) is 3. The van der Waals surface area contributed by atoms with Crippen molar-refractivity contribution in [3.05, 3.63) is 0 Å². The van der Waals surface area contributed by atoms with Gasteiger partial charge >= 0.3 is 12.2 Å². The van der Waals surface area contributed by atoms with E-state index >= 15 is 0 Å². The molecule has 1 fully saturated rings. The van der Waals surface area contributed by atoms with Gasteiger partial charge in [-0.3, -0.25) is 4.79 Å². The van der Waals surface area contributed by atoms with Crippen LogP contribution in [0.1, 0.15) is 33.1 Å². The van der Waals surface area contributed by atoms with E-state index in [0.717, 1.165) is 26.7 Å². The minimum atomic E-state index is -4.40. The van der Waals surface area contributed by atoms with Crippen LogP contribution in [0.4, 0.5) is 18.0 Å². The van der Waals surface area contributed by atoms with Gasteiger partial charge in [0.15, 0.2) is 0 Å². The van der Waals surface area contributed by atoms with Crippen LogP contribution < -0.4 is 16.0 Å². The molecular weight excluding hydrogens is 275 g/mol. The molecule has 0 aromatic carbocycles. The van der Waals surface area contributed by atoms with Crippen LogP contribution in [0.25, 0.3) is 0 Å². The molecule has 1 aliphatic heterocycles. The largest absolute Gasteiger partial charge is 0.395 e. The second-order valence-corrected chi connectivity index (χ2v) is 5.55. The number of hydrogen-bond acceptors (Lipinski definition) is 2. The Kier molecular flexibility index (Phi) is 5.24. The van der Waals surface area contributed by atoms with Crippen LogP contribution >= 0.6 is 0 Å². The molecule has 1 aliphatic rings. The van der Waals surface area contributed by atoms with E-state index in [1.165, 1.54) is 0 Å². The molecule has 5 nitrogen and oxygen atoms in total. The summed E-state index contributed by atoms with van der Waals surface area (Å²) in [6, 6.07) is -1.45. The second-order valence-electron chi connectivity index (χ2n) is 5.55. The lowest BCUT2D eigenvalue weighted by Crippen LogP contribution is -2.52. The van der Waals surface area contributed by atoms with Gasteiger partial charge in [-0.2, -0.15) is 13.2 Å². The van der Waals surface area contributed by atoms with Gasteiger partial charge < -0.3 is 16.0 Å². The third-order valence-corrected chi connectivity index (χ3v) is 3.30. The summed E-state index contributed by atoms with van der Waals surface area (Å²) in [5.41, 5.74) is -2.02. The molecule has 0 aromatic rings. The quantitative estimate of drug-likeness (QED) is 0.739. The minimum absolute atomic E-state index is 0.298. The van der Waals surface area contributed by atoms with E-state index in [0.29, 0.717) is 13.0 Å². The zero-order chi connectivity index (χ0) is 15.4. The Bertz CT molecular complexity index is 369. The average molecular weight is 295 g/mol. The molecule has 0 spiro atoms. The fraction of sp³-hybridized carbons (Fsp3) is 0.833. The van der Waals surface area contributed by atoms with Crippen LogP contribution in [0, 0.1) is 5.41 Å². The number of carbonyl (C=O) groups is 2. The molecular formula is C12H20F3N3O2. The Labute approximate surface area is 115 Å². The predicted octanol–water partition coefficient (Wildman–Crippen LogP) is 1.54. The Morgan fingerprint density at radius 2 is 2.00 bits per heavy atom. The third-order valence-electron chi connectivity index (χ3n) is 3.30. The smallest absolute Gasteiger partial charge is 0.354 e. The van der Waals surface area contributed by atoms with Crippen molar-refractivity contribution in [1.82, 2.24) is 16.0 Å². The number of nitrogens with one attached hydrogen (secondary N) is 3. The number of amides is 3. The molecule has 1 atom stereocenters. The van der Waals surface area contributed by atoms with Gasteiger partial charge in [-0.05, 0) is 33.1 Å². The molecule has 116 valence electrons. The van der Waals surface area contributed by atoms with Crippen LogP contribution in [0.15, 0.2) is 0 Å². The van der Waals surface area contributed by atoms with E-state index in [9.17, 15) is 22.8 Å². The SMILES string of the molecule is CC(C)(CNC(=O)NC1CCCCNC1=O)C(F)(F)F. The molecule has 0 saturated carbocycles. The lowest BCUT2D eigenvalue weighted by atomic mass is 9.93. The Balaban J connectivity index is 2.45. The first-order valence-electron chi connectivity index (χ1n) is 6.52. The molecule has 1 unspecified atom stereocenters.